The van der Waals surface area contributed by atoms with E-state index < -0.39 is 0 Å². The summed E-state index contributed by atoms with van der Waals surface area (Å²) in [6.07, 6.45) is 4.99. The third-order valence-corrected chi connectivity index (χ3v) is 4.21. The molecule has 3 rings (SSSR count). The van der Waals surface area contributed by atoms with Crippen LogP contribution in [0.25, 0.3) is 5.52 Å². The Morgan fingerprint density at radius 2 is 2.19 bits per heavy atom. The first-order valence-corrected chi connectivity index (χ1v) is 7.71. The van der Waals surface area contributed by atoms with Gasteiger partial charge in [0.25, 0.3) is 0 Å². The molecule has 0 amide bonds. The van der Waals surface area contributed by atoms with Crippen molar-refractivity contribution in [1.82, 2.24) is 19.5 Å². The number of fused-ring (bicyclic) bond motifs is 1. The minimum Gasteiger partial charge on any atom is -0.368 e. The van der Waals surface area contributed by atoms with Crippen molar-refractivity contribution in [3.05, 3.63) is 24.2 Å². The summed E-state index contributed by atoms with van der Waals surface area (Å²) >= 11 is 0. The molecule has 1 aliphatic heterocycles. The summed E-state index contributed by atoms with van der Waals surface area (Å²) in [6, 6.07) is 2.15. The summed E-state index contributed by atoms with van der Waals surface area (Å²) in [5.74, 6) is 1.65. The third-order valence-electron chi connectivity index (χ3n) is 4.21. The largest absolute Gasteiger partial charge is 0.368 e. The van der Waals surface area contributed by atoms with Crippen LogP contribution in [0.1, 0.15) is 32.9 Å². The second-order valence-electron chi connectivity index (χ2n) is 7.18. The van der Waals surface area contributed by atoms with Crippen molar-refractivity contribution in [2.45, 2.75) is 32.6 Å². The maximum Gasteiger partial charge on any atom is 0.152 e. The summed E-state index contributed by atoms with van der Waals surface area (Å²) < 4.78 is 1.93. The minimum atomic E-state index is 0.0530. The second kappa shape index (κ2) is 5.30. The highest BCUT2D eigenvalue weighted by molar-refractivity contribution is 5.68. The zero-order valence-corrected chi connectivity index (χ0v) is 13.4. The van der Waals surface area contributed by atoms with E-state index in [2.05, 4.69) is 54.2 Å². The summed E-state index contributed by atoms with van der Waals surface area (Å²) in [5, 5.41) is 8.18. The second-order valence-corrected chi connectivity index (χ2v) is 7.18. The molecule has 0 saturated carbocycles. The van der Waals surface area contributed by atoms with Crippen molar-refractivity contribution in [2.24, 2.45) is 5.92 Å². The fourth-order valence-corrected chi connectivity index (χ4v) is 2.86. The molecule has 5 nitrogen and oxygen atoms in total. The van der Waals surface area contributed by atoms with Gasteiger partial charge in [-0.15, -0.1) is 0 Å². The van der Waals surface area contributed by atoms with Gasteiger partial charge in [0.05, 0.1) is 5.69 Å². The van der Waals surface area contributed by atoms with E-state index in [4.69, 9.17) is 0 Å². The molecular formula is C16H25N5. The van der Waals surface area contributed by atoms with Gasteiger partial charge < -0.3 is 10.2 Å². The van der Waals surface area contributed by atoms with Gasteiger partial charge in [0.1, 0.15) is 5.52 Å². The zero-order chi connectivity index (χ0) is 15.0. The van der Waals surface area contributed by atoms with Gasteiger partial charge in [-0.25, -0.2) is 9.50 Å². The summed E-state index contributed by atoms with van der Waals surface area (Å²) in [7, 11) is 2.19. The summed E-state index contributed by atoms with van der Waals surface area (Å²) in [5.41, 5.74) is 2.21. The molecule has 2 aromatic rings. The highest BCUT2D eigenvalue weighted by atomic mass is 15.2. The Kier molecular flexibility index (Phi) is 3.61. The van der Waals surface area contributed by atoms with Crippen LogP contribution in [0, 0.1) is 5.92 Å². The highest BCUT2D eigenvalue weighted by Gasteiger charge is 2.21. The highest BCUT2D eigenvalue weighted by Crippen LogP contribution is 2.25. The smallest absolute Gasteiger partial charge is 0.152 e. The first kappa shape index (κ1) is 14.3. The van der Waals surface area contributed by atoms with E-state index in [0.717, 1.165) is 23.6 Å². The molecule has 2 aromatic heterocycles. The first-order chi connectivity index (χ1) is 9.93. The SMILES string of the molecule is CN1CCC(CNc2nccn3nc(C(C)(C)C)cc23)C1. The number of aromatic nitrogens is 3. The van der Waals surface area contributed by atoms with E-state index in [9.17, 15) is 0 Å². The molecule has 1 aliphatic rings. The number of hydrogen-bond acceptors (Lipinski definition) is 4. The molecule has 1 N–H and O–H groups in total. The van der Waals surface area contributed by atoms with Gasteiger partial charge in [-0.3, -0.25) is 0 Å². The van der Waals surface area contributed by atoms with Crippen LogP contribution in [-0.2, 0) is 5.41 Å². The molecule has 0 aromatic carbocycles. The van der Waals surface area contributed by atoms with Crippen molar-refractivity contribution < 1.29 is 0 Å². The number of hydrogen-bond donors (Lipinski definition) is 1. The van der Waals surface area contributed by atoms with Crippen LogP contribution in [-0.4, -0.2) is 46.2 Å². The number of likely N-dealkylation sites (tertiary alicyclic amines) is 1. The van der Waals surface area contributed by atoms with Crippen molar-refractivity contribution >= 4 is 11.3 Å². The molecule has 3 heterocycles. The molecule has 5 heteroatoms. The number of nitrogens with one attached hydrogen (secondary N) is 1. The van der Waals surface area contributed by atoms with E-state index >= 15 is 0 Å². The van der Waals surface area contributed by atoms with Crippen LogP contribution in [0.3, 0.4) is 0 Å². The molecule has 114 valence electrons. The average molecular weight is 287 g/mol. The Morgan fingerprint density at radius 1 is 1.38 bits per heavy atom. The molecule has 21 heavy (non-hydrogen) atoms. The molecule has 0 spiro atoms. The van der Waals surface area contributed by atoms with Crippen LogP contribution >= 0.6 is 0 Å². The lowest BCUT2D eigenvalue weighted by atomic mass is 9.92. The Hall–Kier alpha value is -1.62. The molecule has 1 fully saturated rings. The Balaban J connectivity index is 1.80. The van der Waals surface area contributed by atoms with Gasteiger partial charge >= 0.3 is 0 Å². The van der Waals surface area contributed by atoms with E-state index in [1.54, 1.807) is 0 Å². The first-order valence-electron chi connectivity index (χ1n) is 7.71. The molecule has 1 atom stereocenters. The monoisotopic (exact) mass is 287 g/mol. The predicted molar refractivity (Wildman–Crippen MR) is 85.8 cm³/mol. The molecule has 1 saturated heterocycles. The van der Waals surface area contributed by atoms with Crippen LogP contribution in [0.5, 0.6) is 0 Å². The topological polar surface area (TPSA) is 45.5 Å². The summed E-state index contributed by atoms with van der Waals surface area (Å²) in [6.45, 7) is 9.90. The van der Waals surface area contributed by atoms with Gasteiger partial charge in [0, 0.05) is 30.9 Å². The number of anilines is 1. The van der Waals surface area contributed by atoms with Crippen LogP contribution in [0.4, 0.5) is 5.82 Å². The number of nitrogens with zero attached hydrogens (tertiary/aromatic N) is 4. The molecule has 1 unspecified atom stereocenters. The van der Waals surface area contributed by atoms with Crippen molar-refractivity contribution in [2.75, 3.05) is 32.0 Å². The van der Waals surface area contributed by atoms with Gasteiger partial charge in [-0.1, -0.05) is 20.8 Å². The van der Waals surface area contributed by atoms with Crippen LogP contribution < -0.4 is 5.32 Å². The molecule has 0 radical (unpaired) electrons. The normalized spacial score (nSPS) is 20.3. The van der Waals surface area contributed by atoms with Gasteiger partial charge in [-0.2, -0.15) is 5.10 Å². The van der Waals surface area contributed by atoms with Crippen molar-refractivity contribution in [1.29, 1.82) is 0 Å². The van der Waals surface area contributed by atoms with Crippen molar-refractivity contribution in [3.63, 3.8) is 0 Å². The van der Waals surface area contributed by atoms with Crippen molar-refractivity contribution in [3.8, 4) is 0 Å². The Morgan fingerprint density at radius 3 is 2.86 bits per heavy atom. The standard InChI is InChI=1S/C16H25N5/c1-16(2,3)14-9-13-15(17-6-8-21(13)19-14)18-10-12-5-7-20(4)11-12/h6,8-9,12H,5,7,10-11H2,1-4H3,(H,17,18). The quantitative estimate of drug-likeness (QED) is 0.941. The van der Waals surface area contributed by atoms with E-state index in [1.165, 1.54) is 19.5 Å². The lowest BCUT2D eigenvalue weighted by Gasteiger charge is -2.13. The maximum atomic E-state index is 4.66. The third kappa shape index (κ3) is 3.02. The van der Waals surface area contributed by atoms with Gasteiger partial charge in [-0.05, 0) is 32.0 Å². The van der Waals surface area contributed by atoms with E-state index in [-0.39, 0.29) is 5.41 Å². The molecule has 0 bridgehead atoms. The fraction of sp³-hybridized carbons (Fsp3) is 0.625. The maximum absolute atomic E-state index is 4.66. The number of rotatable bonds is 3. The lowest BCUT2D eigenvalue weighted by molar-refractivity contribution is 0.399. The molecular weight excluding hydrogens is 262 g/mol. The molecule has 0 aliphatic carbocycles. The van der Waals surface area contributed by atoms with Gasteiger partial charge in [0.15, 0.2) is 5.82 Å². The Bertz CT molecular complexity index is 625. The van der Waals surface area contributed by atoms with Gasteiger partial charge in [0.2, 0.25) is 0 Å². The predicted octanol–water partition coefficient (Wildman–Crippen LogP) is 2.39. The lowest BCUT2D eigenvalue weighted by Crippen LogP contribution is -2.19. The van der Waals surface area contributed by atoms with E-state index in [1.807, 2.05) is 16.9 Å². The zero-order valence-electron chi connectivity index (χ0n) is 13.4. The van der Waals surface area contributed by atoms with Crippen LogP contribution in [0.2, 0.25) is 0 Å². The average Bonchev–Trinajstić information content (AvgIpc) is 3.01. The summed E-state index contributed by atoms with van der Waals surface area (Å²) in [4.78, 5) is 6.88. The van der Waals surface area contributed by atoms with E-state index in [0.29, 0.717) is 5.92 Å². The Labute approximate surface area is 126 Å². The minimum absolute atomic E-state index is 0.0530. The van der Waals surface area contributed by atoms with Crippen LogP contribution in [0.15, 0.2) is 18.5 Å². The fourth-order valence-electron chi connectivity index (χ4n) is 2.86.